The van der Waals surface area contributed by atoms with Crippen molar-refractivity contribution < 1.29 is 4.79 Å². The first kappa shape index (κ1) is 13.9. The van der Waals surface area contributed by atoms with Gasteiger partial charge in [0.15, 0.2) is 0 Å². The quantitative estimate of drug-likeness (QED) is 0.736. The summed E-state index contributed by atoms with van der Waals surface area (Å²) < 4.78 is 3.69. The van der Waals surface area contributed by atoms with Crippen LogP contribution < -0.4 is 0 Å². The zero-order chi connectivity index (χ0) is 15.8. The molecule has 0 spiro atoms. The Labute approximate surface area is 133 Å². The third kappa shape index (κ3) is 2.58. The number of imidazole rings is 1. The summed E-state index contributed by atoms with van der Waals surface area (Å²) in [6.07, 6.45) is 11.1. The molecule has 1 fully saturated rings. The second-order valence-electron chi connectivity index (χ2n) is 5.99. The van der Waals surface area contributed by atoms with E-state index < -0.39 is 0 Å². The number of hydrogen-bond donors (Lipinski definition) is 0. The number of rotatable bonds is 3. The maximum absolute atomic E-state index is 12.8. The highest BCUT2D eigenvalue weighted by Crippen LogP contribution is 2.21. The van der Waals surface area contributed by atoms with Crippen LogP contribution in [-0.2, 0) is 6.54 Å². The van der Waals surface area contributed by atoms with Crippen LogP contribution in [-0.4, -0.2) is 47.5 Å². The predicted molar refractivity (Wildman–Crippen MR) is 84.0 cm³/mol. The number of aryl methyl sites for hydroxylation is 1. The summed E-state index contributed by atoms with van der Waals surface area (Å²) in [5.74, 6) is 0.524. The second-order valence-corrected chi connectivity index (χ2v) is 5.99. The van der Waals surface area contributed by atoms with Crippen molar-refractivity contribution in [1.82, 2.24) is 29.0 Å². The van der Waals surface area contributed by atoms with E-state index in [0.717, 1.165) is 31.5 Å². The average Bonchev–Trinajstić information content (AvgIpc) is 3.26. The van der Waals surface area contributed by atoms with Crippen LogP contribution in [0.2, 0.25) is 0 Å². The summed E-state index contributed by atoms with van der Waals surface area (Å²) in [6.45, 7) is 3.51. The van der Waals surface area contributed by atoms with Crippen LogP contribution in [0, 0.1) is 6.92 Å². The molecule has 1 amide bonds. The molecule has 4 rings (SSSR count). The summed E-state index contributed by atoms with van der Waals surface area (Å²) >= 11 is 0. The molecular weight excluding hydrogens is 292 g/mol. The van der Waals surface area contributed by atoms with Gasteiger partial charge in [0.25, 0.3) is 5.91 Å². The van der Waals surface area contributed by atoms with E-state index in [1.54, 1.807) is 16.8 Å². The first-order valence-electron chi connectivity index (χ1n) is 7.80. The lowest BCUT2D eigenvalue weighted by atomic mass is 10.2. The molecule has 7 heteroatoms. The Morgan fingerprint density at radius 1 is 1.39 bits per heavy atom. The third-order valence-corrected chi connectivity index (χ3v) is 4.25. The maximum Gasteiger partial charge on any atom is 0.274 e. The second kappa shape index (κ2) is 5.49. The Morgan fingerprint density at radius 3 is 3.09 bits per heavy atom. The smallest absolute Gasteiger partial charge is 0.274 e. The van der Waals surface area contributed by atoms with E-state index in [1.165, 1.54) is 0 Å². The average molecular weight is 310 g/mol. The molecule has 0 N–H and O–H groups in total. The minimum atomic E-state index is -0.0260. The molecule has 0 bridgehead atoms. The molecule has 7 nitrogen and oxygen atoms in total. The topological polar surface area (TPSA) is 68.3 Å². The molecule has 1 saturated heterocycles. The Hall–Kier alpha value is -2.70. The molecule has 23 heavy (non-hydrogen) atoms. The normalized spacial score (nSPS) is 18.0. The zero-order valence-corrected chi connectivity index (χ0v) is 13.0. The molecule has 0 aliphatic carbocycles. The van der Waals surface area contributed by atoms with Crippen LogP contribution in [0.15, 0.2) is 37.1 Å². The SMILES string of the molecule is Cc1cnn(CC2CCCN2C(=O)c2cn3cccnc3n2)c1. The van der Waals surface area contributed by atoms with Crippen molar-refractivity contribution in [2.45, 2.75) is 32.4 Å². The van der Waals surface area contributed by atoms with E-state index in [2.05, 4.69) is 15.1 Å². The Kier molecular flexibility index (Phi) is 3.33. The predicted octanol–water partition coefficient (Wildman–Crippen LogP) is 1.54. The first-order valence-corrected chi connectivity index (χ1v) is 7.80. The Balaban J connectivity index is 1.56. The molecule has 1 atom stereocenters. The summed E-state index contributed by atoms with van der Waals surface area (Å²) in [5, 5.41) is 4.33. The molecule has 4 heterocycles. The van der Waals surface area contributed by atoms with Gasteiger partial charge >= 0.3 is 0 Å². The highest BCUT2D eigenvalue weighted by atomic mass is 16.2. The van der Waals surface area contributed by atoms with Crippen molar-refractivity contribution in [3.8, 4) is 0 Å². The van der Waals surface area contributed by atoms with E-state index in [4.69, 9.17) is 0 Å². The number of hydrogen-bond acceptors (Lipinski definition) is 4. The van der Waals surface area contributed by atoms with Crippen molar-refractivity contribution in [2.75, 3.05) is 6.54 Å². The zero-order valence-electron chi connectivity index (χ0n) is 13.0. The lowest BCUT2D eigenvalue weighted by Gasteiger charge is -2.23. The number of carbonyl (C=O) groups is 1. The fraction of sp³-hybridized carbons (Fsp3) is 0.375. The summed E-state index contributed by atoms with van der Waals surface area (Å²) in [5.41, 5.74) is 1.58. The van der Waals surface area contributed by atoms with Gasteiger partial charge < -0.3 is 4.90 Å². The van der Waals surface area contributed by atoms with Gasteiger partial charge in [-0.3, -0.25) is 13.9 Å². The van der Waals surface area contributed by atoms with Crippen molar-refractivity contribution in [3.63, 3.8) is 0 Å². The van der Waals surface area contributed by atoms with Crippen LogP contribution in [0.1, 0.15) is 28.9 Å². The van der Waals surface area contributed by atoms with E-state index in [0.29, 0.717) is 11.5 Å². The summed E-state index contributed by atoms with van der Waals surface area (Å²) in [6, 6.07) is 1.99. The van der Waals surface area contributed by atoms with E-state index >= 15 is 0 Å². The van der Waals surface area contributed by atoms with Crippen LogP contribution in [0.3, 0.4) is 0 Å². The lowest BCUT2D eigenvalue weighted by Crippen LogP contribution is -2.38. The van der Waals surface area contributed by atoms with E-state index in [-0.39, 0.29) is 11.9 Å². The van der Waals surface area contributed by atoms with Gasteiger partial charge in [0.1, 0.15) is 5.69 Å². The number of amides is 1. The number of fused-ring (bicyclic) bond motifs is 1. The Morgan fingerprint density at radius 2 is 2.30 bits per heavy atom. The first-order chi connectivity index (χ1) is 11.2. The molecular formula is C16H18N6O. The van der Waals surface area contributed by atoms with Crippen LogP contribution in [0.25, 0.3) is 5.78 Å². The Bertz CT molecular complexity index is 818. The monoisotopic (exact) mass is 310 g/mol. The fourth-order valence-electron chi connectivity index (χ4n) is 3.16. The van der Waals surface area contributed by atoms with Gasteiger partial charge in [-0.15, -0.1) is 0 Å². The molecule has 3 aromatic heterocycles. The number of carbonyl (C=O) groups excluding carboxylic acids is 1. The number of nitrogens with zero attached hydrogens (tertiary/aromatic N) is 6. The van der Waals surface area contributed by atoms with Crippen molar-refractivity contribution >= 4 is 11.7 Å². The van der Waals surface area contributed by atoms with E-state index in [1.807, 2.05) is 41.2 Å². The van der Waals surface area contributed by atoms with Gasteiger partial charge in [-0.05, 0) is 31.4 Å². The van der Waals surface area contributed by atoms with Crippen LogP contribution in [0.4, 0.5) is 0 Å². The van der Waals surface area contributed by atoms with Crippen molar-refractivity contribution in [3.05, 3.63) is 48.3 Å². The van der Waals surface area contributed by atoms with Crippen molar-refractivity contribution in [1.29, 1.82) is 0 Å². The minimum Gasteiger partial charge on any atom is -0.332 e. The molecule has 0 saturated carbocycles. The highest BCUT2D eigenvalue weighted by Gasteiger charge is 2.31. The molecule has 1 aliphatic rings. The molecule has 3 aromatic rings. The van der Waals surface area contributed by atoms with Gasteiger partial charge in [0.05, 0.1) is 18.8 Å². The standard InChI is InChI=1S/C16H18N6O/c1-12-8-18-21(9-12)10-13-4-2-7-22(13)15(23)14-11-20-6-3-5-17-16(20)19-14/h3,5-6,8-9,11,13H,2,4,7,10H2,1H3. The largest absolute Gasteiger partial charge is 0.332 e. The molecule has 0 aromatic carbocycles. The highest BCUT2D eigenvalue weighted by molar-refractivity contribution is 5.93. The van der Waals surface area contributed by atoms with Gasteiger partial charge in [-0.25, -0.2) is 9.97 Å². The van der Waals surface area contributed by atoms with Crippen molar-refractivity contribution in [2.24, 2.45) is 0 Å². The summed E-state index contributed by atoms with van der Waals surface area (Å²) in [4.78, 5) is 23.2. The summed E-state index contributed by atoms with van der Waals surface area (Å²) in [7, 11) is 0. The molecule has 118 valence electrons. The van der Waals surface area contributed by atoms with Gasteiger partial charge in [-0.2, -0.15) is 5.10 Å². The van der Waals surface area contributed by atoms with Gasteiger partial charge in [0, 0.05) is 31.3 Å². The fourth-order valence-corrected chi connectivity index (χ4v) is 3.16. The van der Waals surface area contributed by atoms with Gasteiger partial charge in [-0.1, -0.05) is 0 Å². The number of likely N-dealkylation sites (tertiary alicyclic amines) is 1. The molecule has 1 unspecified atom stereocenters. The van der Waals surface area contributed by atoms with E-state index in [9.17, 15) is 4.79 Å². The third-order valence-electron chi connectivity index (χ3n) is 4.25. The molecule has 1 aliphatic heterocycles. The van der Waals surface area contributed by atoms with Gasteiger partial charge in [0.2, 0.25) is 5.78 Å². The number of aromatic nitrogens is 5. The molecule has 0 radical (unpaired) electrons. The lowest BCUT2D eigenvalue weighted by molar-refractivity contribution is 0.0716. The maximum atomic E-state index is 12.8. The minimum absolute atomic E-state index is 0.0260. The van der Waals surface area contributed by atoms with Crippen LogP contribution in [0.5, 0.6) is 0 Å². The van der Waals surface area contributed by atoms with Crippen LogP contribution >= 0.6 is 0 Å².